The van der Waals surface area contributed by atoms with E-state index in [0.29, 0.717) is 18.0 Å². The predicted octanol–water partition coefficient (Wildman–Crippen LogP) is 0.798. The van der Waals surface area contributed by atoms with E-state index in [4.69, 9.17) is 4.74 Å². The lowest BCUT2D eigenvalue weighted by atomic mass is 9.93. The van der Waals surface area contributed by atoms with Crippen LogP contribution in [-0.4, -0.2) is 74.7 Å². The quantitative estimate of drug-likeness (QED) is 0.731. The van der Waals surface area contributed by atoms with E-state index in [1.54, 1.807) is 0 Å². The lowest BCUT2D eigenvalue weighted by Crippen LogP contribution is -2.52. The number of methoxy groups -OCH3 is 1. The van der Waals surface area contributed by atoms with Crippen molar-refractivity contribution >= 4 is 5.97 Å². The molecular weight excluding hydrogens is 254 g/mol. The SMILES string of the molecule is CNC(C)(CC(C)N1CC(C)C(N(C)C)C1)C(=O)OC. The van der Waals surface area contributed by atoms with Crippen LogP contribution in [0, 0.1) is 5.92 Å². The fourth-order valence-electron chi connectivity index (χ4n) is 3.25. The Morgan fingerprint density at radius 2 is 2.10 bits per heavy atom. The van der Waals surface area contributed by atoms with Crippen LogP contribution in [-0.2, 0) is 9.53 Å². The smallest absolute Gasteiger partial charge is 0.325 e. The number of nitrogens with zero attached hydrogens (tertiary/aromatic N) is 2. The molecule has 0 aromatic carbocycles. The maximum absolute atomic E-state index is 11.9. The Hall–Kier alpha value is -0.650. The van der Waals surface area contributed by atoms with Gasteiger partial charge in [0.05, 0.1) is 7.11 Å². The Morgan fingerprint density at radius 1 is 1.50 bits per heavy atom. The standard InChI is InChI=1S/C15H31N3O2/c1-11-9-18(10-13(11)17(5)6)12(2)8-15(3,16-4)14(19)20-7/h11-13,16H,8-10H2,1-7H3. The molecule has 4 unspecified atom stereocenters. The Balaban J connectivity index is 2.67. The summed E-state index contributed by atoms with van der Waals surface area (Å²) in [6, 6.07) is 0.940. The summed E-state index contributed by atoms with van der Waals surface area (Å²) in [6.45, 7) is 8.57. The van der Waals surface area contributed by atoms with E-state index in [-0.39, 0.29) is 5.97 Å². The lowest BCUT2D eigenvalue weighted by molar-refractivity contribution is -0.148. The highest BCUT2D eigenvalue weighted by Gasteiger charge is 2.39. The van der Waals surface area contributed by atoms with Crippen LogP contribution in [0.25, 0.3) is 0 Å². The molecule has 1 rings (SSSR count). The first-order valence-electron chi connectivity index (χ1n) is 7.43. The maximum Gasteiger partial charge on any atom is 0.325 e. The zero-order valence-electron chi connectivity index (χ0n) is 14.1. The highest BCUT2D eigenvalue weighted by Crippen LogP contribution is 2.25. The van der Waals surface area contributed by atoms with Gasteiger partial charge < -0.3 is 15.0 Å². The van der Waals surface area contributed by atoms with Gasteiger partial charge in [-0.3, -0.25) is 9.69 Å². The van der Waals surface area contributed by atoms with Gasteiger partial charge in [0.15, 0.2) is 0 Å². The van der Waals surface area contributed by atoms with Crippen molar-refractivity contribution in [3.63, 3.8) is 0 Å². The van der Waals surface area contributed by atoms with Gasteiger partial charge in [-0.25, -0.2) is 0 Å². The van der Waals surface area contributed by atoms with Crippen molar-refractivity contribution in [1.29, 1.82) is 0 Å². The molecule has 1 aliphatic rings. The van der Waals surface area contributed by atoms with Crippen molar-refractivity contribution in [2.75, 3.05) is 41.3 Å². The summed E-state index contributed by atoms with van der Waals surface area (Å²) in [5.74, 6) is 0.467. The minimum absolute atomic E-state index is 0.191. The van der Waals surface area contributed by atoms with E-state index in [1.807, 2.05) is 14.0 Å². The molecule has 0 bridgehead atoms. The van der Waals surface area contributed by atoms with E-state index < -0.39 is 5.54 Å². The zero-order valence-corrected chi connectivity index (χ0v) is 14.1. The van der Waals surface area contributed by atoms with Gasteiger partial charge in [0.25, 0.3) is 0 Å². The highest BCUT2D eigenvalue weighted by atomic mass is 16.5. The van der Waals surface area contributed by atoms with Crippen molar-refractivity contribution in [1.82, 2.24) is 15.1 Å². The molecule has 0 radical (unpaired) electrons. The van der Waals surface area contributed by atoms with Crippen LogP contribution in [0.5, 0.6) is 0 Å². The second-order valence-electron chi connectivity index (χ2n) is 6.59. The van der Waals surface area contributed by atoms with Gasteiger partial charge in [-0.1, -0.05) is 6.92 Å². The van der Waals surface area contributed by atoms with Crippen molar-refractivity contribution in [3.8, 4) is 0 Å². The van der Waals surface area contributed by atoms with Crippen LogP contribution in [0.3, 0.4) is 0 Å². The molecule has 0 amide bonds. The number of carbonyl (C=O) groups excluding carboxylic acids is 1. The second kappa shape index (κ2) is 6.87. The van der Waals surface area contributed by atoms with Gasteiger partial charge in [-0.2, -0.15) is 0 Å². The average molecular weight is 285 g/mol. The van der Waals surface area contributed by atoms with Gasteiger partial charge in [0.1, 0.15) is 5.54 Å². The molecule has 5 nitrogen and oxygen atoms in total. The molecule has 4 atom stereocenters. The van der Waals surface area contributed by atoms with Crippen LogP contribution in [0.4, 0.5) is 0 Å². The lowest BCUT2D eigenvalue weighted by Gasteiger charge is -2.33. The van der Waals surface area contributed by atoms with Crippen LogP contribution < -0.4 is 5.32 Å². The predicted molar refractivity (Wildman–Crippen MR) is 81.8 cm³/mol. The third kappa shape index (κ3) is 3.71. The molecule has 118 valence electrons. The monoisotopic (exact) mass is 285 g/mol. The molecule has 5 heteroatoms. The summed E-state index contributed by atoms with van der Waals surface area (Å²) in [4.78, 5) is 16.7. The highest BCUT2D eigenvalue weighted by molar-refractivity contribution is 5.80. The Labute approximate surface area is 123 Å². The van der Waals surface area contributed by atoms with E-state index in [0.717, 1.165) is 19.5 Å². The summed E-state index contributed by atoms with van der Waals surface area (Å²) in [7, 11) is 7.55. The number of hydrogen-bond donors (Lipinski definition) is 1. The molecule has 0 aromatic rings. The van der Waals surface area contributed by atoms with Crippen molar-refractivity contribution in [3.05, 3.63) is 0 Å². The number of rotatable bonds is 6. The van der Waals surface area contributed by atoms with Crippen molar-refractivity contribution < 1.29 is 9.53 Å². The summed E-state index contributed by atoms with van der Waals surface area (Å²) in [6.07, 6.45) is 0.753. The normalized spacial score (nSPS) is 28.4. The molecule has 0 aliphatic carbocycles. The largest absolute Gasteiger partial charge is 0.468 e. The minimum Gasteiger partial charge on any atom is -0.468 e. The number of esters is 1. The Kier molecular flexibility index (Phi) is 5.98. The second-order valence-corrected chi connectivity index (χ2v) is 6.59. The fraction of sp³-hybridized carbons (Fsp3) is 0.933. The number of nitrogens with one attached hydrogen (secondary N) is 1. The molecule has 20 heavy (non-hydrogen) atoms. The van der Waals surface area contributed by atoms with Crippen molar-refractivity contribution in [2.24, 2.45) is 5.92 Å². The molecule has 1 saturated heterocycles. The maximum atomic E-state index is 11.9. The van der Waals surface area contributed by atoms with E-state index in [2.05, 4.69) is 43.1 Å². The van der Waals surface area contributed by atoms with Crippen LogP contribution >= 0.6 is 0 Å². The number of carbonyl (C=O) groups is 1. The van der Waals surface area contributed by atoms with Gasteiger partial charge in [-0.15, -0.1) is 0 Å². The molecule has 0 spiro atoms. The first-order valence-corrected chi connectivity index (χ1v) is 7.43. The van der Waals surface area contributed by atoms with Gasteiger partial charge >= 0.3 is 5.97 Å². The summed E-state index contributed by atoms with van der Waals surface area (Å²) in [5, 5.41) is 3.12. The van der Waals surface area contributed by atoms with Crippen LogP contribution in [0.2, 0.25) is 0 Å². The fourth-order valence-corrected chi connectivity index (χ4v) is 3.25. The molecule has 1 fully saturated rings. The summed E-state index contributed by atoms with van der Waals surface area (Å²) >= 11 is 0. The first-order chi connectivity index (χ1) is 9.25. The molecule has 1 aliphatic heterocycles. The van der Waals surface area contributed by atoms with Crippen molar-refractivity contribution in [2.45, 2.75) is 44.8 Å². The van der Waals surface area contributed by atoms with E-state index >= 15 is 0 Å². The number of likely N-dealkylation sites (N-methyl/N-ethyl adjacent to an activating group) is 2. The van der Waals surface area contributed by atoms with Gasteiger partial charge in [0.2, 0.25) is 0 Å². The average Bonchev–Trinajstić information content (AvgIpc) is 2.79. The Bertz CT molecular complexity index is 335. The Morgan fingerprint density at radius 3 is 2.50 bits per heavy atom. The zero-order chi connectivity index (χ0) is 15.5. The molecule has 0 saturated carbocycles. The number of likely N-dealkylation sites (tertiary alicyclic amines) is 1. The number of ether oxygens (including phenoxy) is 1. The first kappa shape index (κ1) is 17.4. The van der Waals surface area contributed by atoms with Crippen LogP contribution in [0.15, 0.2) is 0 Å². The summed E-state index contributed by atoms with van der Waals surface area (Å²) in [5.41, 5.74) is -0.617. The molecular formula is C15H31N3O2. The minimum atomic E-state index is -0.617. The third-order valence-corrected chi connectivity index (χ3v) is 4.78. The third-order valence-electron chi connectivity index (χ3n) is 4.78. The topological polar surface area (TPSA) is 44.8 Å². The molecule has 1 heterocycles. The molecule has 0 aromatic heterocycles. The van der Waals surface area contributed by atoms with E-state index in [9.17, 15) is 4.79 Å². The molecule has 1 N–H and O–H groups in total. The van der Waals surface area contributed by atoms with Gasteiger partial charge in [0, 0.05) is 25.2 Å². The van der Waals surface area contributed by atoms with Gasteiger partial charge in [-0.05, 0) is 47.3 Å². The summed E-state index contributed by atoms with van der Waals surface area (Å²) < 4.78 is 4.92. The van der Waals surface area contributed by atoms with E-state index in [1.165, 1.54) is 7.11 Å². The number of hydrogen-bond acceptors (Lipinski definition) is 5. The van der Waals surface area contributed by atoms with Crippen LogP contribution in [0.1, 0.15) is 27.2 Å².